The van der Waals surface area contributed by atoms with Crippen LogP contribution in [0.4, 0.5) is 0 Å². The molecular weight excluding hydrogens is 280 g/mol. The van der Waals surface area contributed by atoms with Crippen molar-refractivity contribution in [3.8, 4) is 5.75 Å². The van der Waals surface area contributed by atoms with E-state index in [9.17, 15) is 4.79 Å². The molecule has 0 aliphatic carbocycles. The average molecular weight is 306 g/mol. The van der Waals surface area contributed by atoms with Crippen molar-refractivity contribution < 1.29 is 14.3 Å². The van der Waals surface area contributed by atoms with E-state index in [0.29, 0.717) is 26.0 Å². The highest BCUT2D eigenvalue weighted by atomic mass is 16.5. The molecule has 5 nitrogen and oxygen atoms in total. The predicted molar refractivity (Wildman–Crippen MR) is 86.0 cm³/mol. The van der Waals surface area contributed by atoms with Crippen molar-refractivity contribution in [1.29, 1.82) is 0 Å². The maximum atomic E-state index is 12.6. The van der Waals surface area contributed by atoms with E-state index in [1.54, 1.807) is 7.11 Å². The molecule has 0 atom stereocenters. The molecule has 2 N–H and O–H groups in total. The summed E-state index contributed by atoms with van der Waals surface area (Å²) in [7, 11) is 1.61. The Morgan fingerprint density at radius 3 is 2.73 bits per heavy atom. The fourth-order valence-electron chi connectivity index (χ4n) is 2.79. The van der Waals surface area contributed by atoms with E-state index in [1.165, 1.54) is 0 Å². The summed E-state index contributed by atoms with van der Waals surface area (Å²) < 4.78 is 11.2. The topological polar surface area (TPSA) is 59.6 Å². The largest absolute Gasteiger partial charge is 0.494 e. The van der Waals surface area contributed by atoms with Crippen LogP contribution in [0.5, 0.6) is 5.75 Å². The quantitative estimate of drug-likeness (QED) is 0.841. The van der Waals surface area contributed by atoms with Gasteiger partial charge in [-0.15, -0.1) is 0 Å². The van der Waals surface area contributed by atoms with Crippen LogP contribution in [0, 0.1) is 6.92 Å². The van der Waals surface area contributed by atoms with Crippen LogP contribution in [-0.2, 0) is 16.1 Å². The lowest BCUT2D eigenvalue weighted by Gasteiger charge is -2.34. The third-order valence-corrected chi connectivity index (χ3v) is 4.18. The molecule has 1 aliphatic heterocycles. The average Bonchev–Trinajstić information content (AvgIpc) is 2.54. The Bertz CT molecular complexity index is 511. The highest BCUT2D eigenvalue weighted by Crippen LogP contribution is 2.24. The first-order valence-electron chi connectivity index (χ1n) is 7.88. The van der Waals surface area contributed by atoms with Crippen LogP contribution >= 0.6 is 0 Å². The minimum Gasteiger partial charge on any atom is -0.494 e. The second-order valence-corrected chi connectivity index (χ2v) is 5.68. The Morgan fingerprint density at radius 1 is 1.36 bits per heavy atom. The summed E-state index contributed by atoms with van der Waals surface area (Å²) in [5.41, 5.74) is 1.42. The molecule has 1 amide bonds. The monoisotopic (exact) mass is 306 g/mol. The SMILES string of the molecule is CCOc1cc(C)ccc1CNC(=O)C1(OC)CCNCC1. The van der Waals surface area contributed by atoms with Crippen molar-refractivity contribution in [1.82, 2.24) is 10.6 Å². The summed E-state index contributed by atoms with van der Waals surface area (Å²) in [6.45, 7) is 6.65. The van der Waals surface area contributed by atoms with Crippen LogP contribution in [0.3, 0.4) is 0 Å². The zero-order valence-corrected chi connectivity index (χ0v) is 13.7. The molecule has 0 bridgehead atoms. The molecule has 2 rings (SSSR count). The molecule has 1 heterocycles. The number of nitrogens with one attached hydrogen (secondary N) is 2. The van der Waals surface area contributed by atoms with Gasteiger partial charge in [0.15, 0.2) is 0 Å². The van der Waals surface area contributed by atoms with Crippen molar-refractivity contribution in [2.24, 2.45) is 0 Å². The summed E-state index contributed by atoms with van der Waals surface area (Å²) in [5, 5.41) is 6.26. The predicted octanol–water partition coefficient (Wildman–Crippen LogP) is 1.78. The molecule has 1 aromatic carbocycles. The Morgan fingerprint density at radius 2 is 2.09 bits per heavy atom. The Balaban J connectivity index is 2.04. The van der Waals surface area contributed by atoms with Crippen LogP contribution in [0.2, 0.25) is 0 Å². The normalized spacial score (nSPS) is 17.0. The fourth-order valence-corrected chi connectivity index (χ4v) is 2.79. The number of rotatable bonds is 6. The van der Waals surface area contributed by atoms with Crippen molar-refractivity contribution in [3.05, 3.63) is 29.3 Å². The number of benzene rings is 1. The van der Waals surface area contributed by atoms with Gasteiger partial charge in [-0.1, -0.05) is 12.1 Å². The van der Waals surface area contributed by atoms with E-state index < -0.39 is 5.60 Å². The highest BCUT2D eigenvalue weighted by Gasteiger charge is 2.39. The molecule has 0 radical (unpaired) electrons. The first kappa shape index (κ1) is 16.8. The summed E-state index contributed by atoms with van der Waals surface area (Å²) in [5.74, 6) is 0.791. The second-order valence-electron chi connectivity index (χ2n) is 5.68. The minimum absolute atomic E-state index is 0.0421. The molecule has 122 valence electrons. The number of amides is 1. The third-order valence-electron chi connectivity index (χ3n) is 4.18. The lowest BCUT2D eigenvalue weighted by atomic mass is 9.91. The van der Waals surface area contributed by atoms with E-state index >= 15 is 0 Å². The zero-order valence-electron chi connectivity index (χ0n) is 13.7. The zero-order chi connectivity index (χ0) is 16.0. The first-order valence-corrected chi connectivity index (χ1v) is 7.88. The smallest absolute Gasteiger partial charge is 0.252 e. The van der Waals surface area contributed by atoms with Crippen LogP contribution in [0.15, 0.2) is 18.2 Å². The van der Waals surface area contributed by atoms with Gasteiger partial charge in [-0.05, 0) is 51.4 Å². The number of piperidine rings is 1. The number of aryl methyl sites for hydroxylation is 1. The van der Waals surface area contributed by atoms with E-state index in [2.05, 4.69) is 10.6 Å². The van der Waals surface area contributed by atoms with Gasteiger partial charge in [0.1, 0.15) is 11.4 Å². The molecule has 0 saturated carbocycles. The summed E-state index contributed by atoms with van der Waals surface area (Å²) in [4.78, 5) is 12.6. The van der Waals surface area contributed by atoms with Crippen molar-refractivity contribution in [2.45, 2.75) is 38.8 Å². The fraction of sp³-hybridized carbons (Fsp3) is 0.588. The van der Waals surface area contributed by atoms with Crippen molar-refractivity contribution in [2.75, 3.05) is 26.8 Å². The Labute approximate surface area is 132 Å². The first-order chi connectivity index (χ1) is 10.6. The van der Waals surface area contributed by atoms with Crippen LogP contribution in [0.25, 0.3) is 0 Å². The number of hydrogen-bond acceptors (Lipinski definition) is 4. The molecule has 1 fully saturated rings. The molecule has 22 heavy (non-hydrogen) atoms. The Hall–Kier alpha value is -1.59. The maximum absolute atomic E-state index is 12.6. The summed E-state index contributed by atoms with van der Waals surface area (Å²) in [6.07, 6.45) is 1.39. The standard InChI is InChI=1S/C17H26N2O3/c1-4-22-15-11-13(2)5-6-14(15)12-19-16(20)17(21-3)7-9-18-10-8-17/h5-6,11,18H,4,7-10,12H2,1-3H3,(H,19,20). The second kappa shape index (κ2) is 7.61. The highest BCUT2D eigenvalue weighted by molar-refractivity contribution is 5.85. The van der Waals surface area contributed by atoms with Crippen LogP contribution in [0.1, 0.15) is 30.9 Å². The molecule has 5 heteroatoms. The van der Waals surface area contributed by atoms with Crippen molar-refractivity contribution in [3.63, 3.8) is 0 Å². The number of carbonyl (C=O) groups excluding carboxylic acids is 1. The number of ether oxygens (including phenoxy) is 2. The number of carbonyl (C=O) groups is 1. The molecule has 1 aliphatic rings. The van der Waals surface area contributed by atoms with E-state index in [-0.39, 0.29) is 5.91 Å². The molecule has 1 saturated heterocycles. The van der Waals surface area contributed by atoms with Gasteiger partial charge in [0.05, 0.1) is 6.61 Å². The molecular formula is C17H26N2O3. The van der Waals surface area contributed by atoms with Crippen LogP contribution < -0.4 is 15.4 Å². The van der Waals surface area contributed by atoms with Crippen LogP contribution in [-0.4, -0.2) is 38.3 Å². The minimum atomic E-state index is -0.707. The van der Waals surface area contributed by atoms with Gasteiger partial charge < -0.3 is 20.1 Å². The van der Waals surface area contributed by atoms with Gasteiger partial charge in [-0.25, -0.2) is 0 Å². The van der Waals surface area contributed by atoms with Gasteiger partial charge in [-0.2, -0.15) is 0 Å². The van der Waals surface area contributed by atoms with E-state index in [0.717, 1.165) is 30.0 Å². The lowest BCUT2D eigenvalue weighted by molar-refractivity contribution is -0.146. The third kappa shape index (κ3) is 3.78. The van der Waals surface area contributed by atoms with Gasteiger partial charge in [0.25, 0.3) is 5.91 Å². The lowest BCUT2D eigenvalue weighted by Crippen LogP contribution is -2.53. The molecule has 1 aromatic rings. The number of methoxy groups -OCH3 is 1. The van der Waals surface area contributed by atoms with E-state index in [4.69, 9.17) is 9.47 Å². The molecule has 0 aromatic heterocycles. The molecule has 0 spiro atoms. The number of hydrogen-bond donors (Lipinski definition) is 2. The van der Waals surface area contributed by atoms with Gasteiger partial charge in [-0.3, -0.25) is 4.79 Å². The van der Waals surface area contributed by atoms with Crippen molar-refractivity contribution >= 4 is 5.91 Å². The summed E-state index contributed by atoms with van der Waals surface area (Å²) >= 11 is 0. The van der Waals surface area contributed by atoms with Gasteiger partial charge in [0.2, 0.25) is 0 Å². The van der Waals surface area contributed by atoms with Gasteiger partial charge >= 0.3 is 0 Å². The maximum Gasteiger partial charge on any atom is 0.252 e. The Kier molecular flexibility index (Phi) is 5.80. The molecule has 0 unspecified atom stereocenters. The summed E-state index contributed by atoms with van der Waals surface area (Å²) in [6, 6.07) is 6.03. The van der Waals surface area contributed by atoms with Gasteiger partial charge in [0, 0.05) is 19.2 Å². The van der Waals surface area contributed by atoms with E-state index in [1.807, 2.05) is 32.0 Å².